The molecule has 0 aromatic heterocycles. The molecule has 2 rings (SSSR count). The number of carbonyl (C=O) groups is 2. The topological polar surface area (TPSA) is 63.6 Å². The van der Waals surface area contributed by atoms with Crippen LogP contribution >= 0.6 is 0 Å². The first kappa shape index (κ1) is 14.5. The van der Waals surface area contributed by atoms with Crippen LogP contribution in [0.5, 0.6) is 11.5 Å². The molecule has 4 heteroatoms. The number of esters is 1. The first-order chi connectivity index (χ1) is 10.0. The van der Waals surface area contributed by atoms with E-state index < -0.39 is 5.97 Å². The maximum absolute atomic E-state index is 12.4. The predicted molar refractivity (Wildman–Crippen MR) is 78.4 cm³/mol. The van der Waals surface area contributed by atoms with E-state index >= 15 is 0 Å². The third-order valence-corrected chi connectivity index (χ3v) is 2.82. The molecule has 4 nitrogen and oxygen atoms in total. The molecule has 0 unspecified atom stereocenters. The second-order valence-electron chi connectivity index (χ2n) is 4.52. The summed E-state index contributed by atoms with van der Waals surface area (Å²) in [4.78, 5) is 24.1. The summed E-state index contributed by atoms with van der Waals surface area (Å²) in [5, 5.41) is 9.86. The molecule has 21 heavy (non-hydrogen) atoms. The van der Waals surface area contributed by atoms with Crippen molar-refractivity contribution >= 4 is 11.8 Å². The van der Waals surface area contributed by atoms with Crippen molar-refractivity contribution in [3.05, 3.63) is 71.8 Å². The Kier molecular flexibility index (Phi) is 4.18. The van der Waals surface area contributed by atoms with E-state index in [4.69, 9.17) is 4.74 Å². The quantitative estimate of drug-likeness (QED) is 0.405. The monoisotopic (exact) mass is 282 g/mol. The van der Waals surface area contributed by atoms with Gasteiger partial charge in [-0.05, 0) is 19.1 Å². The van der Waals surface area contributed by atoms with Crippen molar-refractivity contribution in [3.63, 3.8) is 0 Å². The van der Waals surface area contributed by atoms with Crippen LogP contribution in [0.1, 0.15) is 22.8 Å². The fourth-order valence-corrected chi connectivity index (χ4v) is 1.74. The standard InChI is InChI=1S/C17H14O4/c1-11(2)17(20)21-16-13(9-6-10-14(16)18)15(19)12-7-4-3-5-8-12/h3-10,18H,1H2,2H3. The van der Waals surface area contributed by atoms with Crippen molar-refractivity contribution in [3.8, 4) is 11.5 Å². The minimum Gasteiger partial charge on any atom is -0.504 e. The Morgan fingerprint density at radius 1 is 1.05 bits per heavy atom. The van der Waals surface area contributed by atoms with Gasteiger partial charge < -0.3 is 9.84 Å². The number of rotatable bonds is 4. The van der Waals surface area contributed by atoms with E-state index in [1.54, 1.807) is 30.3 Å². The lowest BCUT2D eigenvalue weighted by Gasteiger charge is -2.11. The van der Waals surface area contributed by atoms with Gasteiger partial charge in [0.25, 0.3) is 0 Å². The van der Waals surface area contributed by atoms with Crippen LogP contribution in [0.3, 0.4) is 0 Å². The van der Waals surface area contributed by atoms with Crippen LogP contribution in [0.2, 0.25) is 0 Å². The molecule has 0 spiro atoms. The zero-order chi connectivity index (χ0) is 15.4. The van der Waals surface area contributed by atoms with Crippen molar-refractivity contribution in [1.29, 1.82) is 0 Å². The molecule has 0 saturated heterocycles. The summed E-state index contributed by atoms with van der Waals surface area (Å²) in [7, 11) is 0. The molecule has 2 aromatic rings. The van der Waals surface area contributed by atoms with Crippen LogP contribution < -0.4 is 4.74 Å². The number of aromatic hydroxyl groups is 1. The normalized spacial score (nSPS) is 9.95. The first-order valence-electron chi connectivity index (χ1n) is 6.30. The van der Waals surface area contributed by atoms with Crippen LogP contribution in [-0.4, -0.2) is 16.9 Å². The molecule has 0 aliphatic rings. The average Bonchev–Trinajstić information content (AvgIpc) is 2.49. The van der Waals surface area contributed by atoms with E-state index in [9.17, 15) is 14.7 Å². The zero-order valence-electron chi connectivity index (χ0n) is 11.5. The number of phenolic OH excluding ortho intramolecular Hbond substituents is 1. The molecule has 2 aromatic carbocycles. The Labute approximate surface area is 122 Å². The van der Waals surface area contributed by atoms with Gasteiger partial charge >= 0.3 is 5.97 Å². The van der Waals surface area contributed by atoms with Gasteiger partial charge in [-0.15, -0.1) is 0 Å². The predicted octanol–water partition coefficient (Wildman–Crippen LogP) is 3.10. The molecule has 0 aliphatic heterocycles. The number of carbonyl (C=O) groups excluding carboxylic acids is 2. The first-order valence-corrected chi connectivity index (χ1v) is 6.30. The number of benzene rings is 2. The second kappa shape index (κ2) is 6.05. The van der Waals surface area contributed by atoms with Crippen molar-refractivity contribution in [2.75, 3.05) is 0 Å². The smallest absolute Gasteiger partial charge is 0.338 e. The molecule has 0 atom stereocenters. The summed E-state index contributed by atoms with van der Waals surface area (Å²) in [6.45, 7) is 4.96. The Morgan fingerprint density at radius 2 is 1.71 bits per heavy atom. The zero-order valence-corrected chi connectivity index (χ0v) is 11.5. The van der Waals surface area contributed by atoms with Gasteiger partial charge in [-0.25, -0.2) is 4.79 Å². The third-order valence-electron chi connectivity index (χ3n) is 2.82. The van der Waals surface area contributed by atoms with E-state index in [0.29, 0.717) is 5.56 Å². The SMILES string of the molecule is C=C(C)C(=O)Oc1c(O)cccc1C(=O)c1ccccc1. The highest BCUT2D eigenvalue weighted by Gasteiger charge is 2.20. The summed E-state index contributed by atoms with van der Waals surface area (Å²) >= 11 is 0. The molecule has 0 amide bonds. The molecule has 0 radical (unpaired) electrons. The van der Waals surface area contributed by atoms with E-state index in [2.05, 4.69) is 6.58 Å². The molecule has 1 N–H and O–H groups in total. The summed E-state index contributed by atoms with van der Waals surface area (Å²) < 4.78 is 5.07. The molecule has 106 valence electrons. The third kappa shape index (κ3) is 3.17. The highest BCUT2D eigenvalue weighted by molar-refractivity contribution is 6.11. The summed E-state index contributed by atoms with van der Waals surface area (Å²) in [5.74, 6) is -1.46. The highest BCUT2D eigenvalue weighted by atomic mass is 16.5. The van der Waals surface area contributed by atoms with E-state index in [0.717, 1.165) is 0 Å². The minimum absolute atomic E-state index is 0.121. The Bertz CT molecular complexity index is 702. The largest absolute Gasteiger partial charge is 0.504 e. The Hall–Kier alpha value is -2.88. The van der Waals surface area contributed by atoms with Gasteiger partial charge in [-0.1, -0.05) is 43.0 Å². The molecule has 0 aliphatic carbocycles. The maximum Gasteiger partial charge on any atom is 0.338 e. The minimum atomic E-state index is -0.696. The molecular weight excluding hydrogens is 268 g/mol. The van der Waals surface area contributed by atoms with E-state index in [-0.39, 0.29) is 28.4 Å². The number of hydrogen-bond donors (Lipinski definition) is 1. The van der Waals surface area contributed by atoms with Crippen LogP contribution in [0.4, 0.5) is 0 Å². The fourth-order valence-electron chi connectivity index (χ4n) is 1.74. The molecule has 0 heterocycles. The van der Waals surface area contributed by atoms with Crippen molar-refractivity contribution in [2.45, 2.75) is 6.92 Å². The lowest BCUT2D eigenvalue weighted by atomic mass is 10.0. The molecule has 0 bridgehead atoms. The van der Waals surface area contributed by atoms with Crippen LogP contribution in [0.25, 0.3) is 0 Å². The van der Waals surface area contributed by atoms with Crippen LogP contribution in [-0.2, 0) is 4.79 Å². The van der Waals surface area contributed by atoms with Gasteiger partial charge in [-0.2, -0.15) is 0 Å². The molecule has 0 saturated carbocycles. The van der Waals surface area contributed by atoms with Crippen molar-refractivity contribution in [2.24, 2.45) is 0 Å². The summed E-state index contributed by atoms with van der Waals surface area (Å²) in [6, 6.07) is 12.9. The lowest BCUT2D eigenvalue weighted by molar-refractivity contribution is -0.130. The van der Waals surface area contributed by atoms with Gasteiger partial charge in [0.2, 0.25) is 0 Å². The summed E-state index contributed by atoms with van der Waals surface area (Å²) in [6.07, 6.45) is 0. The average molecular weight is 282 g/mol. The van der Waals surface area contributed by atoms with Crippen molar-refractivity contribution in [1.82, 2.24) is 0 Å². The van der Waals surface area contributed by atoms with Crippen LogP contribution in [0.15, 0.2) is 60.7 Å². The number of phenols is 1. The lowest BCUT2D eigenvalue weighted by Crippen LogP contribution is -2.12. The van der Waals surface area contributed by atoms with Gasteiger partial charge in [-0.3, -0.25) is 4.79 Å². The molecular formula is C17H14O4. The van der Waals surface area contributed by atoms with Crippen molar-refractivity contribution < 1.29 is 19.4 Å². The molecule has 0 fully saturated rings. The Morgan fingerprint density at radius 3 is 2.33 bits per heavy atom. The van der Waals surface area contributed by atoms with E-state index in [1.165, 1.54) is 25.1 Å². The Balaban J connectivity index is 2.45. The maximum atomic E-state index is 12.4. The van der Waals surface area contributed by atoms with Gasteiger partial charge in [0.1, 0.15) is 0 Å². The number of para-hydroxylation sites is 1. The van der Waals surface area contributed by atoms with Gasteiger partial charge in [0.15, 0.2) is 17.3 Å². The van der Waals surface area contributed by atoms with E-state index in [1.807, 2.05) is 0 Å². The summed E-state index contributed by atoms with van der Waals surface area (Å²) in [5.41, 5.74) is 0.739. The van der Waals surface area contributed by atoms with Gasteiger partial charge in [0.05, 0.1) is 5.56 Å². The number of hydrogen-bond acceptors (Lipinski definition) is 4. The van der Waals surface area contributed by atoms with Gasteiger partial charge in [0, 0.05) is 11.1 Å². The van der Waals surface area contributed by atoms with Crippen LogP contribution in [0, 0.1) is 0 Å². The fraction of sp³-hybridized carbons (Fsp3) is 0.0588. The highest BCUT2D eigenvalue weighted by Crippen LogP contribution is 2.32. The second-order valence-corrected chi connectivity index (χ2v) is 4.52. The number of ketones is 1. The number of ether oxygens (including phenoxy) is 1.